The Morgan fingerprint density at radius 3 is 2.12 bits per heavy atom. The largest absolute Gasteiger partial charge is 0.366 e. The Balaban J connectivity index is 2.61. The summed E-state index contributed by atoms with van der Waals surface area (Å²) in [6, 6.07) is 0. The third-order valence-corrected chi connectivity index (χ3v) is 3.05. The van der Waals surface area contributed by atoms with Crippen LogP contribution in [0.3, 0.4) is 0 Å². The molecule has 0 spiro atoms. The highest BCUT2D eigenvalue weighted by molar-refractivity contribution is 7.80. The van der Waals surface area contributed by atoms with Gasteiger partial charge in [0.25, 0.3) is 0 Å². The van der Waals surface area contributed by atoms with E-state index in [1.807, 2.05) is 0 Å². The minimum atomic E-state index is -0.147. The van der Waals surface area contributed by atoms with Crippen molar-refractivity contribution < 1.29 is 4.74 Å². The van der Waals surface area contributed by atoms with Crippen molar-refractivity contribution >= 4 is 17.3 Å². The number of nitrogens with zero attached hydrogens (tertiary/aromatic N) is 1. The van der Waals surface area contributed by atoms with E-state index in [0.29, 0.717) is 5.92 Å². The van der Waals surface area contributed by atoms with Crippen molar-refractivity contribution in [3.63, 3.8) is 0 Å². The Bertz CT molecular complexity index is 271. The van der Waals surface area contributed by atoms with Crippen molar-refractivity contribution in [3.05, 3.63) is 0 Å². The van der Waals surface area contributed by atoms with Crippen molar-refractivity contribution in [1.82, 2.24) is 10.2 Å². The number of rotatable bonds is 2. The van der Waals surface area contributed by atoms with Crippen molar-refractivity contribution in [1.29, 1.82) is 0 Å². The monoisotopic (exact) mass is 258 g/mol. The summed E-state index contributed by atoms with van der Waals surface area (Å²) in [6.45, 7) is 15.5. The maximum atomic E-state index is 6.04. The number of ether oxygens (including phenoxy) is 1. The molecule has 0 aromatic rings. The van der Waals surface area contributed by atoms with E-state index in [0.717, 1.165) is 24.7 Å². The SMILES string of the molecule is CC(C)CNC(=S)N1CC(C)(C)OC(C)(C)C1. The zero-order valence-corrected chi connectivity index (χ0v) is 12.8. The molecule has 0 bridgehead atoms. The Morgan fingerprint density at radius 1 is 1.24 bits per heavy atom. The number of thiocarbonyl (C=S) groups is 1. The molecule has 4 heteroatoms. The first-order valence-electron chi connectivity index (χ1n) is 6.34. The van der Waals surface area contributed by atoms with Gasteiger partial charge in [-0.2, -0.15) is 0 Å². The normalized spacial score (nSPS) is 22.6. The number of hydrogen-bond acceptors (Lipinski definition) is 2. The summed E-state index contributed by atoms with van der Waals surface area (Å²) >= 11 is 5.46. The second-order valence-electron chi connectivity index (χ2n) is 6.56. The maximum absolute atomic E-state index is 6.04. The highest BCUT2D eigenvalue weighted by Gasteiger charge is 2.38. The highest BCUT2D eigenvalue weighted by Crippen LogP contribution is 2.27. The molecule has 0 aromatic carbocycles. The van der Waals surface area contributed by atoms with Crippen molar-refractivity contribution in [3.8, 4) is 0 Å². The molecule has 1 rings (SSSR count). The van der Waals surface area contributed by atoms with Gasteiger partial charge < -0.3 is 15.0 Å². The van der Waals surface area contributed by atoms with Crippen molar-refractivity contribution in [2.24, 2.45) is 5.92 Å². The number of hydrogen-bond donors (Lipinski definition) is 1. The molecule has 0 unspecified atom stereocenters. The van der Waals surface area contributed by atoms with Gasteiger partial charge in [0.05, 0.1) is 11.2 Å². The molecule has 1 saturated heterocycles. The standard InChI is InChI=1S/C13H26N2OS/c1-10(2)7-14-11(17)15-8-12(3,4)16-13(5,6)9-15/h10H,7-9H2,1-6H3,(H,14,17). The molecule has 0 amide bonds. The summed E-state index contributed by atoms with van der Waals surface area (Å²) in [7, 11) is 0. The van der Waals surface area contributed by atoms with E-state index < -0.39 is 0 Å². The van der Waals surface area contributed by atoms with Gasteiger partial charge >= 0.3 is 0 Å². The Hall–Kier alpha value is -0.350. The molecular weight excluding hydrogens is 232 g/mol. The molecule has 100 valence electrons. The van der Waals surface area contributed by atoms with Crippen LogP contribution in [0.5, 0.6) is 0 Å². The van der Waals surface area contributed by atoms with Gasteiger partial charge in [-0.05, 0) is 45.8 Å². The minimum absolute atomic E-state index is 0.147. The first kappa shape index (κ1) is 14.7. The fourth-order valence-corrected chi connectivity index (χ4v) is 2.55. The van der Waals surface area contributed by atoms with Crippen LogP contribution in [0.2, 0.25) is 0 Å². The van der Waals surface area contributed by atoms with Gasteiger partial charge in [0.15, 0.2) is 5.11 Å². The summed E-state index contributed by atoms with van der Waals surface area (Å²) in [6.07, 6.45) is 0. The van der Waals surface area contributed by atoms with Gasteiger partial charge in [0.1, 0.15) is 0 Å². The molecule has 17 heavy (non-hydrogen) atoms. The molecule has 1 aliphatic rings. The predicted octanol–water partition coefficient (Wildman–Crippen LogP) is 2.41. The minimum Gasteiger partial charge on any atom is -0.366 e. The smallest absolute Gasteiger partial charge is 0.169 e. The maximum Gasteiger partial charge on any atom is 0.169 e. The lowest BCUT2D eigenvalue weighted by atomic mass is 9.99. The summed E-state index contributed by atoms with van der Waals surface area (Å²) < 4.78 is 6.04. The fourth-order valence-electron chi connectivity index (χ4n) is 2.33. The van der Waals surface area contributed by atoms with E-state index in [-0.39, 0.29) is 11.2 Å². The zero-order valence-electron chi connectivity index (χ0n) is 12.0. The fraction of sp³-hybridized carbons (Fsp3) is 0.923. The quantitative estimate of drug-likeness (QED) is 0.769. The summed E-state index contributed by atoms with van der Waals surface area (Å²) in [5.41, 5.74) is -0.295. The number of morpholine rings is 1. The van der Waals surface area contributed by atoms with Crippen molar-refractivity contribution in [2.75, 3.05) is 19.6 Å². The van der Waals surface area contributed by atoms with Crippen LogP contribution in [-0.4, -0.2) is 40.8 Å². The van der Waals surface area contributed by atoms with Crippen LogP contribution in [0.4, 0.5) is 0 Å². The molecule has 3 nitrogen and oxygen atoms in total. The molecule has 0 radical (unpaired) electrons. The zero-order chi connectivity index (χ0) is 13.3. The average molecular weight is 258 g/mol. The van der Waals surface area contributed by atoms with Crippen LogP contribution in [-0.2, 0) is 4.74 Å². The van der Waals surface area contributed by atoms with Crippen LogP contribution in [0.1, 0.15) is 41.5 Å². The van der Waals surface area contributed by atoms with Crippen LogP contribution < -0.4 is 5.32 Å². The second kappa shape index (κ2) is 5.11. The van der Waals surface area contributed by atoms with Gasteiger partial charge in [0, 0.05) is 19.6 Å². The van der Waals surface area contributed by atoms with Gasteiger partial charge in [-0.15, -0.1) is 0 Å². The molecule has 0 saturated carbocycles. The lowest BCUT2D eigenvalue weighted by molar-refractivity contribution is -0.167. The lowest BCUT2D eigenvalue weighted by Crippen LogP contribution is -2.60. The average Bonchev–Trinajstić information content (AvgIpc) is 2.08. The van der Waals surface area contributed by atoms with Gasteiger partial charge in [-0.25, -0.2) is 0 Å². The molecule has 1 heterocycles. The predicted molar refractivity (Wildman–Crippen MR) is 76.3 cm³/mol. The molecular formula is C13H26N2OS. The Kier molecular flexibility index (Phi) is 4.42. The molecule has 1 N–H and O–H groups in total. The van der Waals surface area contributed by atoms with Gasteiger partial charge in [-0.3, -0.25) is 0 Å². The van der Waals surface area contributed by atoms with Crippen molar-refractivity contribution in [2.45, 2.75) is 52.7 Å². The highest BCUT2D eigenvalue weighted by atomic mass is 32.1. The van der Waals surface area contributed by atoms with Crippen LogP contribution >= 0.6 is 12.2 Å². The molecule has 0 aliphatic carbocycles. The first-order valence-corrected chi connectivity index (χ1v) is 6.75. The van der Waals surface area contributed by atoms with Crippen LogP contribution in [0.15, 0.2) is 0 Å². The molecule has 0 atom stereocenters. The Labute approximate surface area is 111 Å². The first-order chi connectivity index (χ1) is 7.61. The summed E-state index contributed by atoms with van der Waals surface area (Å²) in [5, 5.41) is 4.18. The third-order valence-electron chi connectivity index (χ3n) is 2.64. The molecule has 1 aliphatic heterocycles. The van der Waals surface area contributed by atoms with E-state index >= 15 is 0 Å². The topological polar surface area (TPSA) is 24.5 Å². The van der Waals surface area contributed by atoms with Gasteiger partial charge in [-0.1, -0.05) is 13.8 Å². The van der Waals surface area contributed by atoms with Crippen LogP contribution in [0.25, 0.3) is 0 Å². The molecule has 1 fully saturated rings. The van der Waals surface area contributed by atoms with E-state index in [1.54, 1.807) is 0 Å². The summed E-state index contributed by atoms with van der Waals surface area (Å²) in [4.78, 5) is 2.22. The third kappa shape index (κ3) is 4.80. The molecule has 0 aromatic heterocycles. The second-order valence-corrected chi connectivity index (χ2v) is 6.94. The van der Waals surface area contributed by atoms with E-state index in [2.05, 4.69) is 51.8 Å². The van der Waals surface area contributed by atoms with E-state index in [4.69, 9.17) is 17.0 Å². The van der Waals surface area contributed by atoms with E-state index in [1.165, 1.54) is 0 Å². The lowest BCUT2D eigenvalue weighted by Gasteiger charge is -2.48. The van der Waals surface area contributed by atoms with Gasteiger partial charge in [0.2, 0.25) is 0 Å². The summed E-state index contributed by atoms with van der Waals surface area (Å²) in [5.74, 6) is 0.606. The van der Waals surface area contributed by atoms with E-state index in [9.17, 15) is 0 Å². The Morgan fingerprint density at radius 2 is 1.71 bits per heavy atom. The number of nitrogens with one attached hydrogen (secondary N) is 1. The van der Waals surface area contributed by atoms with Crippen LogP contribution in [0, 0.1) is 5.92 Å².